The molecule has 1 atom stereocenters. The second-order valence-electron chi connectivity index (χ2n) is 8.89. The number of ketones is 1. The SMILES string of the molecule is COC1(CNc2ccc(Cl)c(-c3cc(CC(=O)[C@@H]4CCCNC4)ncc3Cl)c2)CCOCC1. The first-order chi connectivity index (χ1) is 16.0. The topological polar surface area (TPSA) is 72.5 Å². The van der Waals surface area contributed by atoms with Crippen molar-refractivity contribution < 1.29 is 14.3 Å². The van der Waals surface area contributed by atoms with Crippen LogP contribution < -0.4 is 10.6 Å². The van der Waals surface area contributed by atoms with Gasteiger partial charge in [0.2, 0.25) is 0 Å². The molecule has 8 heteroatoms. The molecule has 33 heavy (non-hydrogen) atoms. The zero-order valence-electron chi connectivity index (χ0n) is 19.0. The Morgan fingerprint density at radius 2 is 2.03 bits per heavy atom. The van der Waals surface area contributed by atoms with Crippen LogP contribution in [0.1, 0.15) is 31.4 Å². The van der Waals surface area contributed by atoms with Crippen molar-refractivity contribution in [1.29, 1.82) is 0 Å². The first-order valence-electron chi connectivity index (χ1n) is 11.5. The molecule has 2 aliphatic rings. The number of hydrogen-bond acceptors (Lipinski definition) is 6. The van der Waals surface area contributed by atoms with Crippen LogP contribution in [0.4, 0.5) is 5.69 Å². The number of ether oxygens (including phenoxy) is 2. The summed E-state index contributed by atoms with van der Waals surface area (Å²) in [4.78, 5) is 17.2. The smallest absolute Gasteiger partial charge is 0.143 e. The van der Waals surface area contributed by atoms with E-state index in [0.717, 1.165) is 55.6 Å². The molecule has 0 aliphatic carbocycles. The maximum absolute atomic E-state index is 12.7. The Morgan fingerprint density at radius 3 is 2.76 bits per heavy atom. The monoisotopic (exact) mass is 491 g/mol. The molecule has 2 saturated heterocycles. The van der Waals surface area contributed by atoms with Crippen molar-refractivity contribution in [2.24, 2.45) is 5.92 Å². The predicted octanol–water partition coefficient (Wildman–Crippen LogP) is 4.77. The number of Topliss-reactive ketones (excluding diaryl/α,β-unsaturated/α-hetero) is 1. The van der Waals surface area contributed by atoms with E-state index in [9.17, 15) is 4.79 Å². The fraction of sp³-hybridized carbons (Fsp3) is 0.520. The van der Waals surface area contributed by atoms with Gasteiger partial charge < -0.3 is 20.1 Å². The predicted molar refractivity (Wildman–Crippen MR) is 132 cm³/mol. The Morgan fingerprint density at radius 1 is 1.24 bits per heavy atom. The van der Waals surface area contributed by atoms with Gasteiger partial charge in [-0.2, -0.15) is 0 Å². The first-order valence-corrected chi connectivity index (χ1v) is 12.3. The van der Waals surface area contributed by atoms with E-state index in [1.54, 1.807) is 13.3 Å². The summed E-state index contributed by atoms with van der Waals surface area (Å²) in [5.74, 6) is 0.264. The number of aromatic nitrogens is 1. The Bertz CT molecular complexity index is 973. The van der Waals surface area contributed by atoms with Gasteiger partial charge in [0, 0.05) is 92.3 Å². The molecule has 4 rings (SSSR count). The quantitative estimate of drug-likeness (QED) is 0.553. The van der Waals surface area contributed by atoms with E-state index in [-0.39, 0.29) is 17.3 Å². The van der Waals surface area contributed by atoms with E-state index in [4.69, 9.17) is 32.7 Å². The third kappa shape index (κ3) is 6.06. The lowest BCUT2D eigenvalue weighted by Crippen LogP contribution is -2.44. The lowest BCUT2D eigenvalue weighted by atomic mass is 9.92. The minimum atomic E-state index is -0.242. The molecule has 0 amide bonds. The molecule has 2 fully saturated rings. The Labute approximate surface area is 205 Å². The number of hydrogen-bond donors (Lipinski definition) is 2. The molecular formula is C25H31Cl2N3O3. The number of halogens is 2. The fourth-order valence-electron chi connectivity index (χ4n) is 4.54. The first kappa shape index (κ1) is 24.4. The van der Waals surface area contributed by atoms with Gasteiger partial charge >= 0.3 is 0 Å². The van der Waals surface area contributed by atoms with E-state index in [1.807, 2.05) is 24.3 Å². The average Bonchev–Trinajstić information content (AvgIpc) is 2.86. The van der Waals surface area contributed by atoms with Crippen LogP contribution >= 0.6 is 23.2 Å². The van der Waals surface area contributed by atoms with E-state index in [2.05, 4.69) is 15.6 Å². The van der Waals surface area contributed by atoms with Crippen LogP contribution in [0.2, 0.25) is 10.0 Å². The molecule has 2 N–H and O–H groups in total. The highest BCUT2D eigenvalue weighted by Crippen LogP contribution is 2.36. The molecular weight excluding hydrogens is 461 g/mol. The highest BCUT2D eigenvalue weighted by Gasteiger charge is 2.32. The standard InChI is InChI=1S/C25H31Cl2N3O3/c1-32-25(6-9-33-10-7-25)16-30-18-4-5-22(26)20(11-18)21-12-19(29-15-23(21)27)13-24(31)17-3-2-8-28-14-17/h4-5,11-12,15,17,28,30H,2-3,6-10,13-14,16H2,1H3/t17-/m1/s1. The van der Waals surface area contributed by atoms with Gasteiger partial charge in [0.25, 0.3) is 0 Å². The van der Waals surface area contributed by atoms with Crippen LogP contribution in [0.15, 0.2) is 30.5 Å². The second-order valence-corrected chi connectivity index (χ2v) is 9.70. The van der Waals surface area contributed by atoms with E-state index in [0.29, 0.717) is 41.9 Å². The highest BCUT2D eigenvalue weighted by molar-refractivity contribution is 6.36. The Balaban J connectivity index is 1.51. The van der Waals surface area contributed by atoms with Crippen LogP contribution in [-0.4, -0.2) is 56.3 Å². The largest absolute Gasteiger partial charge is 0.382 e. The van der Waals surface area contributed by atoms with Gasteiger partial charge in [-0.3, -0.25) is 9.78 Å². The summed E-state index contributed by atoms with van der Waals surface area (Å²) < 4.78 is 11.3. The van der Waals surface area contributed by atoms with Crippen molar-refractivity contribution in [2.75, 3.05) is 45.3 Å². The number of benzene rings is 1. The van der Waals surface area contributed by atoms with Gasteiger partial charge in [0.05, 0.1) is 10.6 Å². The van der Waals surface area contributed by atoms with Gasteiger partial charge in [-0.15, -0.1) is 0 Å². The lowest BCUT2D eigenvalue weighted by Gasteiger charge is -2.36. The summed E-state index contributed by atoms with van der Waals surface area (Å²) in [6.45, 7) is 3.80. The second kappa shape index (κ2) is 11.2. The number of carbonyl (C=O) groups is 1. The van der Waals surface area contributed by atoms with Gasteiger partial charge in [0.1, 0.15) is 5.78 Å². The van der Waals surface area contributed by atoms with Crippen molar-refractivity contribution in [3.63, 3.8) is 0 Å². The number of nitrogens with one attached hydrogen (secondary N) is 2. The fourth-order valence-corrected chi connectivity index (χ4v) is 4.96. The van der Waals surface area contributed by atoms with Crippen molar-refractivity contribution in [3.8, 4) is 11.1 Å². The molecule has 0 unspecified atom stereocenters. The number of methoxy groups -OCH3 is 1. The van der Waals surface area contributed by atoms with Gasteiger partial charge in [-0.1, -0.05) is 23.2 Å². The van der Waals surface area contributed by atoms with Crippen molar-refractivity contribution >= 4 is 34.7 Å². The van der Waals surface area contributed by atoms with Crippen LogP contribution in [0.5, 0.6) is 0 Å². The summed E-state index contributed by atoms with van der Waals surface area (Å²) in [6, 6.07) is 7.68. The number of nitrogens with zero attached hydrogens (tertiary/aromatic N) is 1. The minimum absolute atomic E-state index is 0.0501. The summed E-state index contributed by atoms with van der Waals surface area (Å²) in [7, 11) is 1.75. The van der Waals surface area contributed by atoms with Crippen molar-refractivity contribution in [3.05, 3.63) is 46.2 Å². The average molecular weight is 492 g/mol. The molecule has 0 bridgehead atoms. The van der Waals surface area contributed by atoms with Crippen LogP contribution in [0, 0.1) is 5.92 Å². The summed E-state index contributed by atoms with van der Waals surface area (Å²) >= 11 is 13.1. The Kier molecular flexibility index (Phi) is 8.25. The molecule has 0 radical (unpaired) electrons. The molecule has 0 spiro atoms. The van der Waals surface area contributed by atoms with Crippen LogP contribution in [-0.2, 0) is 20.7 Å². The molecule has 1 aromatic heterocycles. The van der Waals surface area contributed by atoms with Crippen molar-refractivity contribution in [1.82, 2.24) is 10.3 Å². The maximum Gasteiger partial charge on any atom is 0.143 e. The molecule has 2 aromatic rings. The van der Waals surface area contributed by atoms with Crippen LogP contribution in [0.3, 0.4) is 0 Å². The van der Waals surface area contributed by atoms with Gasteiger partial charge in [-0.25, -0.2) is 0 Å². The van der Waals surface area contributed by atoms with Gasteiger partial charge in [-0.05, 0) is 43.7 Å². The number of rotatable bonds is 8. The van der Waals surface area contributed by atoms with Gasteiger partial charge in [0.15, 0.2) is 0 Å². The summed E-state index contributed by atoms with van der Waals surface area (Å²) in [6.07, 6.45) is 5.56. The van der Waals surface area contributed by atoms with E-state index in [1.165, 1.54) is 0 Å². The lowest BCUT2D eigenvalue weighted by molar-refractivity contribution is -0.122. The van der Waals surface area contributed by atoms with E-state index >= 15 is 0 Å². The summed E-state index contributed by atoms with van der Waals surface area (Å²) in [5.41, 5.74) is 2.97. The molecule has 6 nitrogen and oxygen atoms in total. The Hall–Kier alpha value is -1.70. The third-order valence-corrected chi connectivity index (χ3v) is 7.36. The molecule has 0 saturated carbocycles. The zero-order chi connectivity index (χ0) is 23.3. The van der Waals surface area contributed by atoms with Crippen LogP contribution in [0.25, 0.3) is 11.1 Å². The number of pyridine rings is 1. The van der Waals surface area contributed by atoms with E-state index < -0.39 is 0 Å². The van der Waals surface area contributed by atoms with Crippen molar-refractivity contribution in [2.45, 2.75) is 37.7 Å². The number of anilines is 1. The highest BCUT2D eigenvalue weighted by atomic mass is 35.5. The zero-order valence-corrected chi connectivity index (χ0v) is 20.5. The number of carbonyl (C=O) groups excluding carboxylic acids is 1. The molecule has 1 aromatic carbocycles. The minimum Gasteiger partial charge on any atom is -0.382 e. The normalized spacial score (nSPS) is 20.4. The maximum atomic E-state index is 12.7. The molecule has 2 aliphatic heterocycles. The third-order valence-electron chi connectivity index (χ3n) is 6.73. The molecule has 3 heterocycles. The molecule has 178 valence electrons. The summed E-state index contributed by atoms with van der Waals surface area (Å²) in [5, 5.41) is 7.89. The number of piperidine rings is 1.